The normalized spacial score (nSPS) is 10.3. The highest BCUT2D eigenvalue weighted by atomic mass is 19.1. The number of nitrogens with one attached hydrogen (secondary N) is 2. The first kappa shape index (κ1) is 16.5. The first-order valence-corrected chi connectivity index (χ1v) is 7.08. The van der Waals surface area contributed by atoms with Gasteiger partial charge in [0.15, 0.2) is 0 Å². The van der Waals surface area contributed by atoms with Crippen LogP contribution in [-0.4, -0.2) is 17.9 Å². The van der Waals surface area contributed by atoms with Gasteiger partial charge < -0.3 is 15.4 Å². The van der Waals surface area contributed by atoms with Crippen LogP contribution in [0.4, 0.5) is 15.8 Å². The van der Waals surface area contributed by atoms with Crippen molar-refractivity contribution in [1.29, 1.82) is 0 Å². The van der Waals surface area contributed by atoms with Crippen molar-refractivity contribution in [3.8, 4) is 5.75 Å². The maximum absolute atomic E-state index is 13.0. The van der Waals surface area contributed by atoms with Crippen LogP contribution in [-0.2, 0) is 9.59 Å². The molecule has 0 atom stereocenters. The Balaban J connectivity index is 1.94. The summed E-state index contributed by atoms with van der Waals surface area (Å²) in [6, 6.07) is 12.0. The monoisotopic (exact) mass is 316 g/mol. The molecule has 0 fully saturated rings. The summed E-state index contributed by atoms with van der Waals surface area (Å²) in [6.45, 7) is 3.82. The lowest BCUT2D eigenvalue weighted by Crippen LogP contribution is -2.29. The molecular weight excluding hydrogens is 299 g/mol. The second kappa shape index (κ2) is 7.40. The number of benzene rings is 2. The highest BCUT2D eigenvalue weighted by Crippen LogP contribution is 2.17. The zero-order valence-electron chi connectivity index (χ0n) is 12.8. The van der Waals surface area contributed by atoms with Crippen molar-refractivity contribution < 1.29 is 18.7 Å². The van der Waals surface area contributed by atoms with E-state index in [2.05, 4.69) is 10.6 Å². The number of hydrogen-bond donors (Lipinski definition) is 2. The first-order valence-electron chi connectivity index (χ1n) is 7.08. The van der Waals surface area contributed by atoms with Crippen LogP contribution >= 0.6 is 0 Å². The number of anilines is 2. The van der Waals surface area contributed by atoms with Crippen LogP contribution in [0.25, 0.3) is 0 Å². The molecule has 6 heteroatoms. The molecule has 2 amide bonds. The van der Waals surface area contributed by atoms with E-state index in [1.807, 2.05) is 13.8 Å². The summed E-state index contributed by atoms with van der Waals surface area (Å²) in [6.07, 6.45) is 0.0486. The van der Waals surface area contributed by atoms with E-state index in [0.717, 1.165) is 6.07 Å². The topological polar surface area (TPSA) is 67.4 Å². The van der Waals surface area contributed by atoms with Gasteiger partial charge in [-0.3, -0.25) is 9.59 Å². The van der Waals surface area contributed by atoms with E-state index in [4.69, 9.17) is 4.74 Å². The second-order valence-electron chi connectivity index (χ2n) is 5.11. The molecule has 0 heterocycles. The van der Waals surface area contributed by atoms with Crippen LogP contribution in [0.15, 0.2) is 48.5 Å². The number of hydrogen-bond acceptors (Lipinski definition) is 3. The van der Waals surface area contributed by atoms with E-state index in [1.54, 1.807) is 24.3 Å². The van der Waals surface area contributed by atoms with Gasteiger partial charge in [0, 0.05) is 11.4 Å². The quantitative estimate of drug-likeness (QED) is 0.851. The average molecular weight is 316 g/mol. The minimum absolute atomic E-state index is 0.0486. The molecule has 0 saturated carbocycles. The molecule has 0 saturated heterocycles. The molecule has 2 aromatic carbocycles. The summed E-state index contributed by atoms with van der Waals surface area (Å²) in [4.78, 5) is 23.6. The lowest BCUT2D eigenvalue weighted by molar-refractivity contribution is -0.133. The lowest BCUT2D eigenvalue weighted by atomic mass is 10.3. The summed E-state index contributed by atoms with van der Waals surface area (Å²) in [5.74, 6) is -1.55. The van der Waals surface area contributed by atoms with Gasteiger partial charge in [0.05, 0.1) is 6.10 Å². The number of carbonyl (C=O) groups is 2. The highest BCUT2D eigenvalue weighted by Gasteiger charge is 2.14. The first-order chi connectivity index (χ1) is 10.9. The van der Waals surface area contributed by atoms with Gasteiger partial charge in [-0.15, -0.1) is 0 Å². The Hall–Kier alpha value is -2.89. The third kappa shape index (κ3) is 5.10. The molecule has 0 aliphatic rings. The molecule has 0 aliphatic heterocycles. The lowest BCUT2D eigenvalue weighted by Gasteiger charge is -2.10. The zero-order chi connectivity index (χ0) is 16.8. The molecule has 5 nitrogen and oxygen atoms in total. The Kier molecular flexibility index (Phi) is 5.30. The van der Waals surface area contributed by atoms with Crippen LogP contribution in [0.1, 0.15) is 13.8 Å². The molecule has 2 aromatic rings. The van der Waals surface area contributed by atoms with Crippen LogP contribution < -0.4 is 15.4 Å². The predicted octanol–water partition coefficient (Wildman–Crippen LogP) is 3.19. The maximum atomic E-state index is 13.0. The molecule has 0 unspecified atom stereocenters. The Bertz CT molecular complexity index is 699. The van der Waals surface area contributed by atoms with Gasteiger partial charge in [0.1, 0.15) is 11.6 Å². The third-order valence-electron chi connectivity index (χ3n) is 2.77. The van der Waals surface area contributed by atoms with Gasteiger partial charge >= 0.3 is 11.8 Å². The Morgan fingerprint density at radius 1 is 0.957 bits per heavy atom. The third-order valence-corrected chi connectivity index (χ3v) is 2.77. The van der Waals surface area contributed by atoms with Gasteiger partial charge in [-0.1, -0.05) is 6.07 Å². The Morgan fingerprint density at radius 3 is 2.13 bits per heavy atom. The van der Waals surface area contributed by atoms with Gasteiger partial charge in [-0.05, 0) is 56.3 Å². The number of carbonyl (C=O) groups excluding carboxylic acids is 2. The van der Waals surface area contributed by atoms with Crippen LogP contribution in [0.5, 0.6) is 5.75 Å². The molecule has 2 rings (SSSR count). The zero-order valence-corrected chi connectivity index (χ0v) is 12.8. The molecule has 0 bridgehead atoms. The summed E-state index contributed by atoms with van der Waals surface area (Å²) in [5, 5.41) is 4.78. The van der Waals surface area contributed by atoms with Crippen molar-refractivity contribution in [2.75, 3.05) is 10.6 Å². The predicted molar refractivity (Wildman–Crippen MR) is 85.9 cm³/mol. The molecule has 0 radical (unpaired) electrons. The number of ether oxygens (including phenoxy) is 1. The van der Waals surface area contributed by atoms with Crippen molar-refractivity contribution in [3.63, 3.8) is 0 Å². The van der Waals surface area contributed by atoms with Crippen LogP contribution in [0, 0.1) is 5.82 Å². The van der Waals surface area contributed by atoms with Crippen molar-refractivity contribution in [2.45, 2.75) is 20.0 Å². The van der Waals surface area contributed by atoms with E-state index in [9.17, 15) is 14.0 Å². The van der Waals surface area contributed by atoms with E-state index in [0.29, 0.717) is 11.4 Å². The fourth-order valence-electron chi connectivity index (χ4n) is 1.83. The molecular formula is C17H17FN2O3. The minimum Gasteiger partial charge on any atom is -0.491 e. The Morgan fingerprint density at radius 2 is 1.57 bits per heavy atom. The second-order valence-corrected chi connectivity index (χ2v) is 5.11. The van der Waals surface area contributed by atoms with Gasteiger partial charge in [0.25, 0.3) is 0 Å². The van der Waals surface area contributed by atoms with Gasteiger partial charge in [0.2, 0.25) is 0 Å². The number of rotatable bonds is 4. The van der Waals surface area contributed by atoms with Crippen molar-refractivity contribution >= 4 is 23.2 Å². The van der Waals surface area contributed by atoms with E-state index < -0.39 is 17.6 Å². The van der Waals surface area contributed by atoms with E-state index in [-0.39, 0.29) is 11.8 Å². The highest BCUT2D eigenvalue weighted by molar-refractivity contribution is 6.43. The van der Waals surface area contributed by atoms with Crippen LogP contribution in [0.2, 0.25) is 0 Å². The number of halogens is 1. The largest absolute Gasteiger partial charge is 0.491 e. The fourth-order valence-corrected chi connectivity index (χ4v) is 1.83. The smallest absolute Gasteiger partial charge is 0.314 e. The van der Waals surface area contributed by atoms with E-state index in [1.165, 1.54) is 18.2 Å². The van der Waals surface area contributed by atoms with Gasteiger partial charge in [-0.2, -0.15) is 0 Å². The summed E-state index contributed by atoms with van der Waals surface area (Å²) in [7, 11) is 0. The SMILES string of the molecule is CC(C)Oc1ccc(NC(=O)C(=O)Nc2cccc(F)c2)cc1. The average Bonchev–Trinajstić information content (AvgIpc) is 2.48. The number of amides is 2. The van der Waals surface area contributed by atoms with Crippen molar-refractivity contribution in [3.05, 3.63) is 54.3 Å². The molecule has 0 spiro atoms. The van der Waals surface area contributed by atoms with Gasteiger partial charge in [-0.25, -0.2) is 4.39 Å². The fraction of sp³-hybridized carbons (Fsp3) is 0.176. The summed E-state index contributed by atoms with van der Waals surface area (Å²) < 4.78 is 18.5. The summed E-state index contributed by atoms with van der Waals surface area (Å²) >= 11 is 0. The maximum Gasteiger partial charge on any atom is 0.314 e. The van der Waals surface area contributed by atoms with Crippen LogP contribution in [0.3, 0.4) is 0 Å². The molecule has 2 N–H and O–H groups in total. The Labute approximate surface area is 133 Å². The van der Waals surface area contributed by atoms with Crippen molar-refractivity contribution in [1.82, 2.24) is 0 Å². The van der Waals surface area contributed by atoms with E-state index >= 15 is 0 Å². The van der Waals surface area contributed by atoms with Crippen molar-refractivity contribution in [2.24, 2.45) is 0 Å². The molecule has 0 aromatic heterocycles. The molecule has 23 heavy (non-hydrogen) atoms. The molecule has 120 valence electrons. The standard InChI is InChI=1S/C17H17FN2O3/c1-11(2)23-15-8-6-13(7-9-15)19-16(21)17(22)20-14-5-3-4-12(18)10-14/h3-11H,1-2H3,(H,19,21)(H,20,22). The summed E-state index contributed by atoms with van der Waals surface area (Å²) in [5.41, 5.74) is 0.673. The minimum atomic E-state index is -0.877. The molecule has 0 aliphatic carbocycles.